The molecule has 6 heteroatoms. The lowest BCUT2D eigenvalue weighted by Crippen LogP contribution is -2.20. The van der Waals surface area contributed by atoms with E-state index in [-0.39, 0.29) is 6.17 Å². The lowest BCUT2D eigenvalue weighted by Gasteiger charge is -2.19. The Labute approximate surface area is 316 Å². The molecule has 1 aliphatic carbocycles. The highest BCUT2D eigenvalue weighted by atomic mass is 16.3. The van der Waals surface area contributed by atoms with Gasteiger partial charge in [-0.05, 0) is 90.2 Å². The Hall–Kier alpha value is -7.02. The van der Waals surface area contributed by atoms with Gasteiger partial charge in [-0.3, -0.25) is 0 Å². The average Bonchev–Trinajstić information content (AvgIpc) is 3.88. The van der Waals surface area contributed by atoms with Crippen LogP contribution in [0.1, 0.15) is 29.5 Å². The number of furan rings is 2. The fourth-order valence-electron chi connectivity index (χ4n) is 8.53. The van der Waals surface area contributed by atoms with Gasteiger partial charge in [0.1, 0.15) is 28.7 Å². The largest absolute Gasteiger partial charge is 0.456 e. The van der Waals surface area contributed by atoms with E-state index in [0.29, 0.717) is 5.69 Å². The summed E-state index contributed by atoms with van der Waals surface area (Å²) in [7, 11) is 0. The van der Waals surface area contributed by atoms with Gasteiger partial charge in [-0.1, -0.05) is 84.9 Å². The molecular formula is C49H36N4O2. The molecule has 1 aliphatic rings. The van der Waals surface area contributed by atoms with Crippen molar-refractivity contribution in [1.82, 2.24) is 4.57 Å². The second kappa shape index (κ2) is 12.3. The molecule has 11 rings (SSSR count). The second-order valence-electron chi connectivity index (χ2n) is 14.5. The van der Waals surface area contributed by atoms with E-state index in [9.17, 15) is 0 Å². The molecule has 0 radical (unpaired) electrons. The van der Waals surface area contributed by atoms with Gasteiger partial charge < -0.3 is 30.2 Å². The van der Waals surface area contributed by atoms with E-state index < -0.39 is 0 Å². The molecular weight excluding hydrogens is 677 g/mol. The summed E-state index contributed by atoms with van der Waals surface area (Å²) in [6.07, 6.45) is 5.96. The number of nitrogen functional groups attached to an aromatic ring is 1. The maximum Gasteiger partial charge on any atom is 0.137 e. The minimum absolute atomic E-state index is 0.378. The van der Waals surface area contributed by atoms with Crippen LogP contribution in [-0.4, -0.2) is 4.57 Å². The van der Waals surface area contributed by atoms with Crippen LogP contribution >= 0.6 is 0 Å². The molecule has 3 aromatic heterocycles. The number of nitrogens with one attached hydrogen (secondary N) is 1. The van der Waals surface area contributed by atoms with Crippen molar-refractivity contribution in [3.05, 3.63) is 169 Å². The fourth-order valence-corrected chi connectivity index (χ4v) is 8.53. The quantitative estimate of drug-likeness (QED) is 0.118. The Kier molecular flexibility index (Phi) is 7.03. The van der Waals surface area contributed by atoms with Crippen LogP contribution < -0.4 is 16.8 Å². The molecule has 0 saturated heterocycles. The highest BCUT2D eigenvalue weighted by molar-refractivity contribution is 6.15. The predicted octanol–water partition coefficient (Wildman–Crippen LogP) is 12.4. The number of hydrogen-bond acceptors (Lipinski definition) is 5. The molecule has 55 heavy (non-hydrogen) atoms. The van der Waals surface area contributed by atoms with Crippen molar-refractivity contribution in [2.24, 2.45) is 5.73 Å². The molecule has 10 aromatic rings. The minimum atomic E-state index is -0.378. The van der Waals surface area contributed by atoms with Gasteiger partial charge in [-0.15, -0.1) is 0 Å². The number of hydrogen-bond donors (Lipinski definition) is 3. The standard InChI is InChI=1S/C49H36N4O2/c50-41-27-47-40(25-35(41)33-15-7-9-17-42(33)52-49(51)29-11-3-1-4-12-29)38-24-31(20-22-46(38)55-47)30-19-21-43-36(23-30)37-26-39-34-16-8-10-18-45(34)54-48(39)28-44(37)53(43)32-13-5-2-6-14-32/h1-7,9-15,17-28,49,52H,8,16,50-51H2. The Bertz CT molecular complexity index is 3150. The summed E-state index contributed by atoms with van der Waals surface area (Å²) in [5, 5.41) is 9.16. The summed E-state index contributed by atoms with van der Waals surface area (Å²) in [5.74, 6) is 0.978. The lowest BCUT2D eigenvalue weighted by molar-refractivity contribution is 0.595. The summed E-state index contributed by atoms with van der Waals surface area (Å²) in [6.45, 7) is 0. The first-order valence-corrected chi connectivity index (χ1v) is 18.8. The zero-order valence-electron chi connectivity index (χ0n) is 29.9. The average molecular weight is 713 g/mol. The van der Waals surface area contributed by atoms with Gasteiger partial charge in [0, 0.05) is 72.8 Å². The molecule has 3 heterocycles. The van der Waals surface area contributed by atoms with Gasteiger partial charge >= 0.3 is 0 Å². The van der Waals surface area contributed by atoms with E-state index in [0.717, 1.165) is 96.3 Å². The summed E-state index contributed by atoms with van der Waals surface area (Å²) in [6, 6.07) is 50.7. The zero-order valence-corrected chi connectivity index (χ0v) is 29.9. The number of para-hydroxylation sites is 2. The Morgan fingerprint density at radius 3 is 2.15 bits per heavy atom. The van der Waals surface area contributed by atoms with Crippen molar-refractivity contribution in [2.45, 2.75) is 19.0 Å². The molecule has 1 unspecified atom stereocenters. The van der Waals surface area contributed by atoms with Gasteiger partial charge in [0.2, 0.25) is 0 Å². The first-order valence-electron chi connectivity index (χ1n) is 18.8. The van der Waals surface area contributed by atoms with Crippen molar-refractivity contribution in [3.8, 4) is 27.9 Å². The Morgan fingerprint density at radius 2 is 1.29 bits per heavy atom. The molecule has 0 aliphatic heterocycles. The van der Waals surface area contributed by atoms with Crippen LogP contribution in [0.5, 0.6) is 0 Å². The van der Waals surface area contributed by atoms with Gasteiger partial charge in [0.25, 0.3) is 0 Å². The van der Waals surface area contributed by atoms with Gasteiger partial charge in [0.15, 0.2) is 0 Å². The smallest absolute Gasteiger partial charge is 0.137 e. The van der Waals surface area contributed by atoms with E-state index in [1.54, 1.807) is 0 Å². The SMILES string of the molecule is Nc1cc2oc3ccc(-c4ccc5c(c4)c4cc6c7c(oc6cc4n5-c4ccccc4)C=CCC7)cc3c2cc1-c1ccccc1NC(N)c1ccccc1. The molecule has 5 N–H and O–H groups in total. The third kappa shape index (κ3) is 5.07. The highest BCUT2D eigenvalue weighted by Gasteiger charge is 2.21. The molecule has 0 bridgehead atoms. The van der Waals surface area contributed by atoms with Crippen LogP contribution in [0.25, 0.3) is 88.7 Å². The van der Waals surface area contributed by atoms with E-state index in [1.165, 1.54) is 21.7 Å². The number of nitrogens with zero attached hydrogens (tertiary/aromatic N) is 1. The third-order valence-electron chi connectivity index (χ3n) is 11.2. The van der Waals surface area contributed by atoms with Crippen molar-refractivity contribution < 1.29 is 8.83 Å². The summed E-state index contributed by atoms with van der Waals surface area (Å²) in [4.78, 5) is 0. The summed E-state index contributed by atoms with van der Waals surface area (Å²) < 4.78 is 15.2. The van der Waals surface area contributed by atoms with Crippen LogP contribution in [0.15, 0.2) is 161 Å². The van der Waals surface area contributed by atoms with Gasteiger partial charge in [0.05, 0.1) is 11.0 Å². The first kappa shape index (κ1) is 31.5. The van der Waals surface area contributed by atoms with Gasteiger partial charge in [-0.25, -0.2) is 0 Å². The molecule has 264 valence electrons. The minimum Gasteiger partial charge on any atom is -0.456 e. The van der Waals surface area contributed by atoms with E-state index in [2.05, 4.69) is 113 Å². The number of anilines is 2. The monoisotopic (exact) mass is 712 g/mol. The number of aromatic nitrogens is 1. The molecule has 0 fully saturated rings. The number of benzene rings is 7. The fraction of sp³-hybridized carbons (Fsp3) is 0.0612. The van der Waals surface area contributed by atoms with Gasteiger partial charge in [-0.2, -0.15) is 0 Å². The number of nitrogens with two attached hydrogens (primary N) is 2. The van der Waals surface area contributed by atoms with Crippen LogP contribution in [0.2, 0.25) is 0 Å². The maximum atomic E-state index is 6.75. The number of fused-ring (bicyclic) bond motifs is 9. The number of allylic oxidation sites excluding steroid dienone is 1. The van der Waals surface area contributed by atoms with E-state index in [1.807, 2.05) is 54.6 Å². The normalized spacial score (nSPS) is 13.3. The van der Waals surface area contributed by atoms with Crippen molar-refractivity contribution in [2.75, 3.05) is 11.1 Å². The predicted molar refractivity (Wildman–Crippen MR) is 227 cm³/mol. The molecule has 0 amide bonds. The molecule has 0 spiro atoms. The Balaban J connectivity index is 1.05. The number of aryl methyl sites for hydroxylation is 1. The van der Waals surface area contributed by atoms with Crippen molar-refractivity contribution in [1.29, 1.82) is 0 Å². The summed E-state index contributed by atoms with van der Waals surface area (Å²) >= 11 is 0. The molecule has 7 aromatic carbocycles. The van der Waals surface area contributed by atoms with Crippen molar-refractivity contribution >= 4 is 72.2 Å². The first-order chi connectivity index (χ1) is 27.1. The zero-order chi connectivity index (χ0) is 36.6. The van der Waals surface area contributed by atoms with Crippen LogP contribution in [0, 0.1) is 0 Å². The lowest BCUT2D eigenvalue weighted by atomic mass is 9.97. The molecule has 1 atom stereocenters. The van der Waals surface area contributed by atoms with E-state index >= 15 is 0 Å². The highest BCUT2D eigenvalue weighted by Crippen LogP contribution is 2.43. The molecule has 0 saturated carbocycles. The summed E-state index contributed by atoms with van der Waals surface area (Å²) in [5.41, 5.74) is 27.2. The van der Waals surface area contributed by atoms with Crippen molar-refractivity contribution in [3.63, 3.8) is 0 Å². The Morgan fingerprint density at radius 1 is 0.582 bits per heavy atom. The van der Waals surface area contributed by atoms with Crippen LogP contribution in [0.4, 0.5) is 11.4 Å². The van der Waals surface area contributed by atoms with Crippen LogP contribution in [0.3, 0.4) is 0 Å². The van der Waals surface area contributed by atoms with Crippen LogP contribution in [-0.2, 0) is 6.42 Å². The van der Waals surface area contributed by atoms with E-state index in [4.69, 9.17) is 20.3 Å². The third-order valence-corrected chi connectivity index (χ3v) is 11.2. The number of rotatable bonds is 6. The topological polar surface area (TPSA) is 95.3 Å². The second-order valence-corrected chi connectivity index (χ2v) is 14.5. The maximum absolute atomic E-state index is 6.75. The molecule has 6 nitrogen and oxygen atoms in total.